The summed E-state index contributed by atoms with van der Waals surface area (Å²) in [5.74, 6) is 2.00. The van der Waals surface area contributed by atoms with Crippen LogP contribution in [0.3, 0.4) is 0 Å². The first-order valence-electron chi connectivity index (χ1n) is 12.8. The Kier molecular flexibility index (Phi) is 7.79. The van der Waals surface area contributed by atoms with Gasteiger partial charge in [-0.3, -0.25) is 9.69 Å². The van der Waals surface area contributed by atoms with Gasteiger partial charge in [-0.1, -0.05) is 23.8 Å². The zero-order valence-electron chi connectivity index (χ0n) is 22.4. The SMILES string of the molecule is COc1ccc(C(=O)N2CCN(Cc3ccc4c(c3)OCO4)CC2)cc1CN(C)S(=O)(=O)c1ccc(C)cc1. The van der Waals surface area contributed by atoms with Crippen LogP contribution in [0.15, 0.2) is 65.6 Å². The fourth-order valence-electron chi connectivity index (χ4n) is 4.84. The molecule has 1 fully saturated rings. The Morgan fingerprint density at radius 1 is 0.949 bits per heavy atom. The number of hydrogen-bond acceptors (Lipinski definition) is 7. The van der Waals surface area contributed by atoms with Gasteiger partial charge in [-0.2, -0.15) is 4.31 Å². The molecular weight excluding hydrogens is 518 g/mol. The van der Waals surface area contributed by atoms with Crippen molar-refractivity contribution in [1.29, 1.82) is 0 Å². The van der Waals surface area contributed by atoms with E-state index in [9.17, 15) is 13.2 Å². The number of rotatable bonds is 8. The van der Waals surface area contributed by atoms with Gasteiger partial charge in [0.25, 0.3) is 5.91 Å². The summed E-state index contributed by atoms with van der Waals surface area (Å²) in [4.78, 5) is 17.8. The molecule has 2 aliphatic rings. The largest absolute Gasteiger partial charge is 0.496 e. The number of sulfonamides is 1. The molecule has 0 atom stereocenters. The number of benzene rings is 3. The van der Waals surface area contributed by atoms with Crippen molar-refractivity contribution < 1.29 is 27.4 Å². The van der Waals surface area contributed by atoms with Crippen molar-refractivity contribution >= 4 is 15.9 Å². The van der Waals surface area contributed by atoms with Gasteiger partial charge in [-0.05, 0) is 55.0 Å². The first-order valence-corrected chi connectivity index (χ1v) is 14.3. The zero-order valence-corrected chi connectivity index (χ0v) is 23.2. The first-order chi connectivity index (χ1) is 18.7. The van der Waals surface area contributed by atoms with E-state index in [2.05, 4.69) is 4.90 Å². The molecule has 10 heteroatoms. The third-order valence-electron chi connectivity index (χ3n) is 7.15. The lowest BCUT2D eigenvalue weighted by Crippen LogP contribution is -2.48. The van der Waals surface area contributed by atoms with Crippen molar-refractivity contribution in [2.75, 3.05) is 47.1 Å². The second-order valence-corrected chi connectivity index (χ2v) is 11.9. The molecule has 1 saturated heterocycles. The maximum absolute atomic E-state index is 13.4. The maximum Gasteiger partial charge on any atom is 0.253 e. The van der Waals surface area contributed by atoms with Crippen LogP contribution >= 0.6 is 0 Å². The second kappa shape index (κ2) is 11.3. The van der Waals surface area contributed by atoms with Gasteiger partial charge in [0.05, 0.1) is 12.0 Å². The van der Waals surface area contributed by atoms with Crippen LogP contribution in [0.4, 0.5) is 0 Å². The van der Waals surface area contributed by atoms with Crippen molar-refractivity contribution in [3.8, 4) is 17.2 Å². The highest BCUT2D eigenvalue weighted by Crippen LogP contribution is 2.33. The highest BCUT2D eigenvalue weighted by atomic mass is 32.2. The van der Waals surface area contributed by atoms with E-state index in [0.717, 1.165) is 42.3 Å². The normalized spacial score (nSPS) is 15.5. The number of nitrogens with zero attached hydrogens (tertiary/aromatic N) is 3. The lowest BCUT2D eigenvalue weighted by molar-refractivity contribution is 0.0628. The van der Waals surface area contributed by atoms with Gasteiger partial charge >= 0.3 is 0 Å². The fraction of sp³-hybridized carbons (Fsp3) is 0.345. The predicted molar refractivity (Wildman–Crippen MR) is 147 cm³/mol. The third kappa shape index (κ3) is 5.88. The van der Waals surface area contributed by atoms with E-state index in [1.165, 1.54) is 18.5 Å². The third-order valence-corrected chi connectivity index (χ3v) is 8.97. The van der Waals surface area contributed by atoms with Gasteiger partial charge in [0.15, 0.2) is 11.5 Å². The number of carbonyl (C=O) groups excluding carboxylic acids is 1. The Bertz CT molecular complexity index is 1450. The van der Waals surface area contributed by atoms with Crippen LogP contribution in [0.2, 0.25) is 0 Å². The Balaban J connectivity index is 1.23. The number of ether oxygens (including phenoxy) is 3. The van der Waals surface area contributed by atoms with Crippen molar-refractivity contribution in [2.45, 2.75) is 24.9 Å². The lowest BCUT2D eigenvalue weighted by atomic mass is 10.1. The summed E-state index contributed by atoms with van der Waals surface area (Å²) in [6.45, 7) is 5.72. The zero-order chi connectivity index (χ0) is 27.6. The molecule has 0 bridgehead atoms. The van der Waals surface area contributed by atoms with E-state index < -0.39 is 10.0 Å². The molecule has 5 rings (SSSR count). The average molecular weight is 552 g/mol. The van der Waals surface area contributed by atoms with Crippen LogP contribution in [0, 0.1) is 6.92 Å². The molecule has 1 amide bonds. The van der Waals surface area contributed by atoms with E-state index >= 15 is 0 Å². The van der Waals surface area contributed by atoms with Gasteiger partial charge in [-0.25, -0.2) is 8.42 Å². The Labute approximate surface area is 229 Å². The molecule has 2 aliphatic heterocycles. The summed E-state index contributed by atoms with van der Waals surface area (Å²) in [6.07, 6.45) is 0. The van der Waals surface area contributed by atoms with Gasteiger partial charge in [0.2, 0.25) is 16.8 Å². The fourth-order valence-corrected chi connectivity index (χ4v) is 5.99. The number of methoxy groups -OCH3 is 1. The molecular formula is C29H33N3O6S. The Morgan fingerprint density at radius 3 is 2.38 bits per heavy atom. The molecule has 2 heterocycles. The minimum absolute atomic E-state index is 0.0732. The molecule has 0 spiro atoms. The summed E-state index contributed by atoms with van der Waals surface area (Å²) in [7, 11) is -0.640. The van der Waals surface area contributed by atoms with Crippen LogP contribution in [0.5, 0.6) is 17.2 Å². The van der Waals surface area contributed by atoms with E-state index in [1.54, 1.807) is 42.5 Å². The molecule has 3 aromatic rings. The number of piperazine rings is 1. The van der Waals surface area contributed by atoms with Gasteiger partial charge < -0.3 is 19.1 Å². The number of hydrogen-bond donors (Lipinski definition) is 0. The van der Waals surface area contributed by atoms with E-state index in [0.29, 0.717) is 30.0 Å². The molecule has 39 heavy (non-hydrogen) atoms. The summed E-state index contributed by atoms with van der Waals surface area (Å²) in [6, 6.07) is 17.9. The molecule has 9 nitrogen and oxygen atoms in total. The van der Waals surface area contributed by atoms with Gasteiger partial charge in [0.1, 0.15) is 5.75 Å². The number of carbonyl (C=O) groups is 1. The van der Waals surface area contributed by atoms with Crippen LogP contribution < -0.4 is 14.2 Å². The van der Waals surface area contributed by atoms with Crippen molar-refractivity contribution in [1.82, 2.24) is 14.1 Å². The summed E-state index contributed by atoms with van der Waals surface area (Å²) >= 11 is 0. The summed E-state index contributed by atoms with van der Waals surface area (Å²) < 4.78 is 43.9. The Hall–Kier alpha value is -3.60. The van der Waals surface area contributed by atoms with E-state index in [-0.39, 0.29) is 24.1 Å². The van der Waals surface area contributed by atoms with Crippen molar-refractivity contribution in [2.24, 2.45) is 0 Å². The molecule has 0 aromatic heterocycles. The molecule has 0 radical (unpaired) electrons. The molecule has 206 valence electrons. The number of amides is 1. The molecule has 0 unspecified atom stereocenters. The number of fused-ring (bicyclic) bond motifs is 1. The smallest absolute Gasteiger partial charge is 0.253 e. The predicted octanol–water partition coefficient (Wildman–Crippen LogP) is 3.51. The maximum atomic E-state index is 13.4. The topological polar surface area (TPSA) is 88.6 Å². The van der Waals surface area contributed by atoms with Crippen LogP contribution in [-0.2, 0) is 23.1 Å². The van der Waals surface area contributed by atoms with Crippen molar-refractivity contribution in [3.05, 3.63) is 82.9 Å². The second-order valence-electron chi connectivity index (χ2n) is 9.86. The summed E-state index contributed by atoms with van der Waals surface area (Å²) in [5.41, 5.74) is 3.26. The van der Waals surface area contributed by atoms with Gasteiger partial charge in [0, 0.05) is 57.4 Å². The number of aryl methyl sites for hydroxylation is 1. The molecule has 0 N–H and O–H groups in total. The monoisotopic (exact) mass is 551 g/mol. The molecule has 3 aromatic carbocycles. The minimum Gasteiger partial charge on any atom is -0.496 e. The average Bonchev–Trinajstić information content (AvgIpc) is 3.41. The van der Waals surface area contributed by atoms with E-state index in [4.69, 9.17) is 14.2 Å². The molecule has 0 saturated carbocycles. The van der Waals surface area contributed by atoms with Crippen LogP contribution in [-0.4, -0.2) is 75.6 Å². The van der Waals surface area contributed by atoms with Crippen molar-refractivity contribution in [3.63, 3.8) is 0 Å². The highest BCUT2D eigenvalue weighted by Gasteiger charge is 2.26. The summed E-state index contributed by atoms with van der Waals surface area (Å²) in [5, 5.41) is 0. The quantitative estimate of drug-likeness (QED) is 0.423. The molecule has 0 aliphatic carbocycles. The van der Waals surface area contributed by atoms with Crippen LogP contribution in [0.1, 0.15) is 27.0 Å². The standard InChI is InChI=1S/C29H33N3O6S/c1-21-4-8-25(9-5-21)39(34,35)30(2)19-24-17-23(7-11-26(24)36-3)29(33)32-14-12-31(13-15-32)18-22-6-10-27-28(16-22)38-20-37-27/h4-11,16-17H,12-15,18-20H2,1-3H3. The lowest BCUT2D eigenvalue weighted by Gasteiger charge is -2.35. The Morgan fingerprint density at radius 2 is 1.67 bits per heavy atom. The highest BCUT2D eigenvalue weighted by molar-refractivity contribution is 7.89. The first kappa shape index (κ1) is 27.0. The van der Waals surface area contributed by atoms with E-state index in [1.807, 2.05) is 30.0 Å². The van der Waals surface area contributed by atoms with Crippen LogP contribution in [0.25, 0.3) is 0 Å². The minimum atomic E-state index is -3.71. The van der Waals surface area contributed by atoms with Gasteiger partial charge in [-0.15, -0.1) is 0 Å².